The molecule has 0 saturated carbocycles. The lowest BCUT2D eigenvalue weighted by atomic mass is 10.2. The fourth-order valence-electron chi connectivity index (χ4n) is 1.17. The van der Waals surface area contributed by atoms with Gasteiger partial charge in [0.1, 0.15) is 5.76 Å². The molecule has 0 radical (unpaired) electrons. The molecule has 1 rings (SSSR count). The molecule has 1 heterocycles. The van der Waals surface area contributed by atoms with Gasteiger partial charge >= 0.3 is 0 Å². The molecule has 80 valence electrons. The fourth-order valence-corrected chi connectivity index (χ4v) is 2.24. The number of nitrogens with zero attached hydrogens (tertiary/aromatic N) is 1. The number of nitrogens with two attached hydrogens (primary N) is 1. The first-order chi connectivity index (χ1) is 6.67. The van der Waals surface area contributed by atoms with Crippen molar-refractivity contribution >= 4 is 11.8 Å². The Kier molecular flexibility index (Phi) is 4.48. The third kappa shape index (κ3) is 3.03. The van der Waals surface area contributed by atoms with E-state index < -0.39 is 0 Å². The minimum Gasteiger partial charge on any atom is -0.437 e. The number of thioether (sulfide) groups is 1. The maximum atomic E-state index is 5.53. The van der Waals surface area contributed by atoms with E-state index >= 15 is 0 Å². The molecule has 0 aromatic carbocycles. The highest BCUT2D eigenvalue weighted by molar-refractivity contribution is 7.99. The molecule has 0 bridgehead atoms. The first-order valence-corrected chi connectivity index (χ1v) is 5.86. The lowest BCUT2D eigenvalue weighted by Crippen LogP contribution is -2.09. The molecule has 0 fully saturated rings. The maximum Gasteiger partial charge on any atom is 0.256 e. The maximum absolute atomic E-state index is 5.53. The minimum atomic E-state index is 0.525. The van der Waals surface area contributed by atoms with Gasteiger partial charge in [-0.25, -0.2) is 4.98 Å². The van der Waals surface area contributed by atoms with Crippen LogP contribution < -0.4 is 5.73 Å². The zero-order chi connectivity index (χ0) is 10.6. The summed E-state index contributed by atoms with van der Waals surface area (Å²) in [5, 5.41) is 1.30. The average molecular weight is 214 g/mol. The summed E-state index contributed by atoms with van der Waals surface area (Å²) in [5.74, 6) is 0.912. The Labute approximate surface area is 89.5 Å². The van der Waals surface area contributed by atoms with Crippen LogP contribution in [0.2, 0.25) is 0 Å². The highest BCUT2D eigenvalue weighted by Gasteiger charge is 2.12. The molecule has 0 aliphatic carbocycles. The summed E-state index contributed by atoms with van der Waals surface area (Å²) in [6.07, 6.45) is 2.12. The van der Waals surface area contributed by atoms with E-state index in [0.717, 1.165) is 36.1 Å². The Morgan fingerprint density at radius 1 is 1.50 bits per heavy atom. The number of aryl methyl sites for hydroxylation is 2. The third-order valence-electron chi connectivity index (χ3n) is 2.22. The second kappa shape index (κ2) is 5.41. The molecular weight excluding hydrogens is 196 g/mol. The summed E-state index contributed by atoms with van der Waals surface area (Å²) in [6.45, 7) is 6.79. The quantitative estimate of drug-likeness (QED) is 0.765. The Balaban J connectivity index is 2.57. The van der Waals surface area contributed by atoms with Crippen molar-refractivity contribution in [2.24, 2.45) is 5.73 Å². The van der Waals surface area contributed by atoms with E-state index in [9.17, 15) is 0 Å². The molecule has 1 unspecified atom stereocenters. The van der Waals surface area contributed by atoms with Crippen molar-refractivity contribution < 1.29 is 4.42 Å². The Bertz CT molecular complexity index is 266. The number of hydrogen-bond donors (Lipinski definition) is 1. The van der Waals surface area contributed by atoms with Crippen LogP contribution in [0.25, 0.3) is 0 Å². The van der Waals surface area contributed by atoms with E-state index in [0.29, 0.717) is 5.25 Å². The van der Waals surface area contributed by atoms with Gasteiger partial charge < -0.3 is 10.2 Å². The Morgan fingerprint density at radius 3 is 2.64 bits per heavy atom. The summed E-state index contributed by atoms with van der Waals surface area (Å²) in [6, 6.07) is 0. The van der Waals surface area contributed by atoms with Crippen LogP contribution in [0.1, 0.15) is 31.2 Å². The summed E-state index contributed by atoms with van der Waals surface area (Å²) >= 11 is 1.69. The number of rotatable bonds is 5. The van der Waals surface area contributed by atoms with Crippen molar-refractivity contribution in [3.05, 3.63) is 11.5 Å². The monoisotopic (exact) mass is 214 g/mol. The van der Waals surface area contributed by atoms with E-state index in [2.05, 4.69) is 11.9 Å². The molecule has 0 aliphatic rings. The summed E-state index contributed by atoms with van der Waals surface area (Å²) in [7, 11) is 0. The topological polar surface area (TPSA) is 52.0 Å². The molecule has 0 amide bonds. The molecule has 2 N–H and O–H groups in total. The summed E-state index contributed by atoms with van der Waals surface area (Å²) in [5.41, 5.74) is 6.51. The number of aromatic nitrogens is 1. The van der Waals surface area contributed by atoms with Crippen LogP contribution in [-0.2, 0) is 0 Å². The number of hydrogen-bond acceptors (Lipinski definition) is 4. The highest BCUT2D eigenvalue weighted by atomic mass is 32.2. The van der Waals surface area contributed by atoms with Crippen LogP contribution in [-0.4, -0.2) is 16.8 Å². The van der Waals surface area contributed by atoms with Gasteiger partial charge in [0.25, 0.3) is 5.22 Å². The first-order valence-electron chi connectivity index (χ1n) is 4.98. The van der Waals surface area contributed by atoms with Crippen LogP contribution in [0.3, 0.4) is 0 Å². The van der Waals surface area contributed by atoms with Gasteiger partial charge in [-0.15, -0.1) is 0 Å². The molecule has 1 atom stereocenters. The van der Waals surface area contributed by atoms with Gasteiger partial charge in [-0.3, -0.25) is 0 Å². The SMILES string of the molecule is CCC(CCN)Sc1nc(C)c(C)o1. The Hall–Kier alpha value is -0.480. The predicted molar refractivity (Wildman–Crippen MR) is 59.6 cm³/mol. The van der Waals surface area contributed by atoms with Crippen LogP contribution in [0.15, 0.2) is 9.64 Å². The van der Waals surface area contributed by atoms with Gasteiger partial charge in [-0.05, 0) is 33.2 Å². The van der Waals surface area contributed by atoms with Crippen LogP contribution in [0, 0.1) is 13.8 Å². The van der Waals surface area contributed by atoms with Crippen molar-refractivity contribution in [3.63, 3.8) is 0 Å². The standard InChI is InChI=1S/C10H18N2OS/c1-4-9(5-6-11)14-10-12-7(2)8(3)13-10/h9H,4-6,11H2,1-3H3. The molecule has 3 nitrogen and oxygen atoms in total. The molecule has 1 aromatic heterocycles. The van der Waals surface area contributed by atoms with E-state index in [1.807, 2.05) is 13.8 Å². The molecule has 1 aromatic rings. The van der Waals surface area contributed by atoms with Gasteiger partial charge in [-0.2, -0.15) is 0 Å². The van der Waals surface area contributed by atoms with Gasteiger partial charge in [0, 0.05) is 5.25 Å². The minimum absolute atomic E-state index is 0.525. The molecule has 0 saturated heterocycles. The number of oxazole rings is 1. The lowest BCUT2D eigenvalue weighted by molar-refractivity contribution is 0.429. The van der Waals surface area contributed by atoms with Crippen molar-refractivity contribution in [1.29, 1.82) is 0 Å². The largest absolute Gasteiger partial charge is 0.437 e. The van der Waals surface area contributed by atoms with Gasteiger partial charge in [0.05, 0.1) is 5.69 Å². The Morgan fingerprint density at radius 2 is 2.21 bits per heavy atom. The zero-order valence-electron chi connectivity index (χ0n) is 9.04. The van der Waals surface area contributed by atoms with Crippen molar-refractivity contribution in [1.82, 2.24) is 4.98 Å². The zero-order valence-corrected chi connectivity index (χ0v) is 9.86. The van der Waals surface area contributed by atoms with Crippen molar-refractivity contribution in [2.75, 3.05) is 6.54 Å². The molecule has 4 heteroatoms. The van der Waals surface area contributed by atoms with E-state index in [1.165, 1.54) is 0 Å². The van der Waals surface area contributed by atoms with Crippen molar-refractivity contribution in [2.45, 2.75) is 44.1 Å². The highest BCUT2D eigenvalue weighted by Crippen LogP contribution is 2.27. The molecule has 0 aliphatic heterocycles. The van der Waals surface area contributed by atoms with Gasteiger partial charge in [0.15, 0.2) is 0 Å². The van der Waals surface area contributed by atoms with E-state index in [-0.39, 0.29) is 0 Å². The summed E-state index contributed by atoms with van der Waals surface area (Å²) < 4.78 is 5.50. The molecule has 14 heavy (non-hydrogen) atoms. The molecular formula is C10H18N2OS. The third-order valence-corrected chi connectivity index (χ3v) is 3.50. The first kappa shape index (κ1) is 11.6. The van der Waals surface area contributed by atoms with Crippen LogP contribution in [0.5, 0.6) is 0 Å². The normalized spacial score (nSPS) is 13.1. The summed E-state index contributed by atoms with van der Waals surface area (Å²) in [4.78, 5) is 4.34. The van der Waals surface area contributed by atoms with Crippen molar-refractivity contribution in [3.8, 4) is 0 Å². The second-order valence-corrected chi connectivity index (χ2v) is 4.60. The van der Waals surface area contributed by atoms with Crippen LogP contribution in [0.4, 0.5) is 0 Å². The van der Waals surface area contributed by atoms with E-state index in [4.69, 9.17) is 10.2 Å². The average Bonchev–Trinajstić information content (AvgIpc) is 2.45. The van der Waals surface area contributed by atoms with Gasteiger partial charge in [-0.1, -0.05) is 18.7 Å². The second-order valence-electron chi connectivity index (χ2n) is 3.35. The predicted octanol–water partition coefficient (Wildman–Crippen LogP) is 2.51. The lowest BCUT2D eigenvalue weighted by Gasteiger charge is -2.09. The molecule has 0 spiro atoms. The van der Waals surface area contributed by atoms with Gasteiger partial charge in [0.2, 0.25) is 0 Å². The van der Waals surface area contributed by atoms with E-state index in [1.54, 1.807) is 11.8 Å². The smallest absolute Gasteiger partial charge is 0.256 e. The van der Waals surface area contributed by atoms with Crippen LogP contribution >= 0.6 is 11.8 Å². The fraction of sp³-hybridized carbons (Fsp3) is 0.700.